The van der Waals surface area contributed by atoms with Gasteiger partial charge in [0.25, 0.3) is 5.91 Å². The van der Waals surface area contributed by atoms with Crippen molar-refractivity contribution in [2.75, 3.05) is 14.1 Å². The summed E-state index contributed by atoms with van der Waals surface area (Å²) < 4.78 is 5.82. The van der Waals surface area contributed by atoms with Gasteiger partial charge in [-0.25, -0.2) is 0 Å². The van der Waals surface area contributed by atoms with Gasteiger partial charge in [-0.1, -0.05) is 46.8 Å². The molecule has 4 rings (SSSR count). The van der Waals surface area contributed by atoms with E-state index in [1.165, 1.54) is 19.0 Å². The van der Waals surface area contributed by atoms with Crippen molar-refractivity contribution in [1.29, 1.82) is 0 Å². The number of rotatable bonds is 4. The van der Waals surface area contributed by atoms with Gasteiger partial charge in [-0.2, -0.15) is 0 Å². The van der Waals surface area contributed by atoms with Gasteiger partial charge in [-0.05, 0) is 31.0 Å². The maximum absolute atomic E-state index is 14.3. The molecule has 0 aromatic heterocycles. The van der Waals surface area contributed by atoms with Crippen molar-refractivity contribution in [3.05, 3.63) is 45.7 Å². The number of hydrogen-bond acceptors (Lipinski definition) is 10. The Hall–Kier alpha value is -3.70. The number of nitrogens with two attached hydrogens (primary N) is 1. The SMILES string of the molecule is CCC(=O)OC1C2C(=C(O)c3c(ccc(C(C)(C)C)c3O)C2C)C(=O)C2(O)C(O)=C(C(N)=O)C(=O)C(N(C)C)C12. The first-order valence-electron chi connectivity index (χ1n) is 13.1. The molecule has 6 unspecified atom stereocenters. The number of aromatic hydroxyl groups is 1. The molecule has 0 aliphatic heterocycles. The monoisotopic (exact) mass is 556 g/mol. The van der Waals surface area contributed by atoms with E-state index >= 15 is 0 Å². The summed E-state index contributed by atoms with van der Waals surface area (Å²) in [6.07, 6.45) is -1.49. The first-order chi connectivity index (χ1) is 18.4. The normalized spacial score (nSPS) is 30.2. The molecule has 0 radical (unpaired) electrons. The molecule has 1 amide bonds. The molecule has 1 fully saturated rings. The number of fused-ring (bicyclic) bond motifs is 3. The predicted molar refractivity (Wildman–Crippen MR) is 143 cm³/mol. The van der Waals surface area contributed by atoms with E-state index in [1.54, 1.807) is 26.0 Å². The summed E-state index contributed by atoms with van der Waals surface area (Å²) in [6, 6.07) is 2.03. The molecule has 11 nitrogen and oxygen atoms in total. The summed E-state index contributed by atoms with van der Waals surface area (Å²) >= 11 is 0. The van der Waals surface area contributed by atoms with Crippen LogP contribution in [0.25, 0.3) is 5.76 Å². The molecule has 0 heterocycles. The topological polar surface area (TPSA) is 188 Å². The quantitative estimate of drug-likeness (QED) is 0.270. The number of carbonyl (C=O) groups excluding carboxylic acids is 4. The van der Waals surface area contributed by atoms with Crippen molar-refractivity contribution in [3.8, 4) is 5.75 Å². The highest BCUT2D eigenvalue weighted by Crippen LogP contribution is 2.57. The number of amides is 1. The molecule has 216 valence electrons. The molecule has 6 atom stereocenters. The van der Waals surface area contributed by atoms with E-state index in [0.29, 0.717) is 11.1 Å². The van der Waals surface area contributed by atoms with Gasteiger partial charge in [-0.3, -0.25) is 24.1 Å². The number of nitrogens with zero attached hydrogens (tertiary/aromatic N) is 1. The Morgan fingerprint density at radius 1 is 1.12 bits per heavy atom. The van der Waals surface area contributed by atoms with E-state index in [4.69, 9.17) is 10.5 Å². The van der Waals surface area contributed by atoms with Crippen LogP contribution in [0.2, 0.25) is 0 Å². The minimum atomic E-state index is -2.96. The van der Waals surface area contributed by atoms with Crippen molar-refractivity contribution < 1.29 is 44.3 Å². The van der Waals surface area contributed by atoms with Crippen molar-refractivity contribution in [1.82, 2.24) is 4.90 Å². The third-order valence-corrected chi connectivity index (χ3v) is 8.47. The summed E-state index contributed by atoms with van der Waals surface area (Å²) in [6.45, 7) is 8.85. The first kappa shape index (κ1) is 29.3. The average molecular weight is 557 g/mol. The first-order valence-corrected chi connectivity index (χ1v) is 13.1. The zero-order valence-electron chi connectivity index (χ0n) is 23.6. The Labute approximate surface area is 231 Å². The number of esters is 1. The Balaban J connectivity index is 2.13. The van der Waals surface area contributed by atoms with Gasteiger partial charge in [-0.15, -0.1) is 0 Å². The number of likely N-dealkylation sites (N-methyl/N-ethyl adjacent to an activating group) is 1. The van der Waals surface area contributed by atoms with E-state index in [9.17, 15) is 39.6 Å². The third-order valence-electron chi connectivity index (χ3n) is 8.47. The van der Waals surface area contributed by atoms with Gasteiger partial charge in [0, 0.05) is 23.5 Å². The van der Waals surface area contributed by atoms with Crippen LogP contribution in [0.1, 0.15) is 63.6 Å². The molecule has 3 aliphatic carbocycles. The van der Waals surface area contributed by atoms with Gasteiger partial charge in [0.2, 0.25) is 5.78 Å². The summed E-state index contributed by atoms with van der Waals surface area (Å²) in [5.41, 5.74) is 1.50. The highest BCUT2D eigenvalue weighted by atomic mass is 16.5. The molecule has 3 aliphatic rings. The van der Waals surface area contributed by atoms with Crippen molar-refractivity contribution in [2.45, 2.75) is 70.1 Å². The van der Waals surface area contributed by atoms with E-state index in [1.807, 2.05) is 20.8 Å². The summed E-state index contributed by atoms with van der Waals surface area (Å²) in [4.78, 5) is 54.1. The van der Waals surface area contributed by atoms with Crippen molar-refractivity contribution in [3.63, 3.8) is 0 Å². The molecule has 1 aromatic carbocycles. The van der Waals surface area contributed by atoms with Crippen LogP contribution in [-0.2, 0) is 29.3 Å². The summed E-state index contributed by atoms with van der Waals surface area (Å²) in [5.74, 6) is -9.65. The van der Waals surface area contributed by atoms with Crippen LogP contribution in [0.4, 0.5) is 0 Å². The average Bonchev–Trinajstić information content (AvgIpc) is 2.84. The number of benzene rings is 1. The fraction of sp³-hybridized carbons (Fsp3) is 0.517. The molecule has 40 heavy (non-hydrogen) atoms. The number of aliphatic hydroxyl groups excluding tert-OH is 2. The van der Waals surface area contributed by atoms with Crippen LogP contribution >= 0.6 is 0 Å². The highest BCUT2D eigenvalue weighted by molar-refractivity contribution is 6.24. The van der Waals surface area contributed by atoms with Gasteiger partial charge in [0.05, 0.1) is 17.5 Å². The lowest BCUT2D eigenvalue weighted by molar-refractivity contribution is -0.185. The molecular formula is C29H36N2O9. The number of phenols is 1. The van der Waals surface area contributed by atoms with Crippen molar-refractivity contribution >= 4 is 29.2 Å². The number of phenolic OH excluding ortho intramolecular Hbond substituents is 1. The van der Waals surface area contributed by atoms with Crippen molar-refractivity contribution in [2.24, 2.45) is 17.6 Å². The van der Waals surface area contributed by atoms with Crippen LogP contribution < -0.4 is 5.73 Å². The lowest BCUT2D eigenvalue weighted by atomic mass is 9.54. The largest absolute Gasteiger partial charge is 0.508 e. The molecule has 0 spiro atoms. The lowest BCUT2D eigenvalue weighted by Crippen LogP contribution is -2.71. The number of aliphatic hydroxyl groups is 3. The Morgan fingerprint density at radius 2 is 1.73 bits per heavy atom. The zero-order valence-corrected chi connectivity index (χ0v) is 23.6. The number of carbonyl (C=O) groups is 4. The molecule has 1 saturated carbocycles. The van der Waals surface area contributed by atoms with Gasteiger partial charge >= 0.3 is 5.97 Å². The molecule has 11 heteroatoms. The molecular weight excluding hydrogens is 520 g/mol. The molecule has 0 bridgehead atoms. The summed E-state index contributed by atoms with van der Waals surface area (Å²) in [7, 11) is 2.95. The molecule has 1 aromatic rings. The number of ketones is 2. The smallest absolute Gasteiger partial charge is 0.305 e. The number of ether oxygens (including phenoxy) is 1. The van der Waals surface area contributed by atoms with E-state index in [-0.39, 0.29) is 17.7 Å². The van der Waals surface area contributed by atoms with E-state index in [0.717, 1.165) is 0 Å². The van der Waals surface area contributed by atoms with Crippen LogP contribution in [0.15, 0.2) is 29.0 Å². The van der Waals surface area contributed by atoms with Gasteiger partial charge < -0.3 is 30.9 Å². The van der Waals surface area contributed by atoms with Gasteiger partial charge in [0.1, 0.15) is 28.9 Å². The molecule has 0 saturated heterocycles. The fourth-order valence-electron chi connectivity index (χ4n) is 6.57. The standard InChI is InChI=1S/C29H36N2O9/c1-8-14(32)40-24-15-11(2)12-9-10-13(28(3,4)5)21(33)16(12)22(34)17(15)25(36)29(39)19(24)20(31(6)7)23(35)18(26(29)37)27(30)38/h9-11,15,19-20,24,33-34,37,39H,8H2,1-7H3,(H2,30,38). The second-order valence-corrected chi connectivity index (χ2v) is 12.0. The Kier molecular flexibility index (Phi) is 6.92. The highest BCUT2D eigenvalue weighted by Gasteiger charge is 2.69. The predicted octanol–water partition coefficient (Wildman–Crippen LogP) is 1.75. The maximum atomic E-state index is 14.3. The zero-order chi connectivity index (χ0) is 30.2. The second-order valence-electron chi connectivity index (χ2n) is 12.0. The number of hydrogen-bond donors (Lipinski definition) is 5. The summed E-state index contributed by atoms with van der Waals surface area (Å²) in [5, 5.41) is 46.1. The minimum absolute atomic E-state index is 0.0169. The number of Topliss-reactive ketones (excluding diaryl/α,β-unsaturated/α-hetero) is 2. The third kappa shape index (κ3) is 3.86. The van der Waals surface area contributed by atoms with Crippen LogP contribution in [-0.4, -0.2) is 80.6 Å². The lowest BCUT2D eigenvalue weighted by Gasteiger charge is -2.54. The molecule has 6 N–H and O–H groups in total. The van der Waals surface area contributed by atoms with Crippen LogP contribution in [0.5, 0.6) is 5.75 Å². The second kappa shape index (κ2) is 9.45. The van der Waals surface area contributed by atoms with Crippen LogP contribution in [0.3, 0.4) is 0 Å². The fourth-order valence-corrected chi connectivity index (χ4v) is 6.57. The van der Waals surface area contributed by atoms with E-state index < -0.39 is 87.0 Å². The Bertz CT molecular complexity index is 1400. The van der Waals surface area contributed by atoms with Crippen LogP contribution in [0, 0.1) is 11.8 Å². The minimum Gasteiger partial charge on any atom is -0.508 e. The van der Waals surface area contributed by atoms with E-state index in [2.05, 4.69) is 0 Å². The maximum Gasteiger partial charge on any atom is 0.305 e. The number of primary amides is 1. The van der Waals surface area contributed by atoms with Gasteiger partial charge in [0.15, 0.2) is 11.4 Å². The Morgan fingerprint density at radius 3 is 2.23 bits per heavy atom.